The van der Waals surface area contributed by atoms with E-state index in [4.69, 9.17) is 4.74 Å². The molecule has 3 nitrogen and oxygen atoms in total. The van der Waals surface area contributed by atoms with Gasteiger partial charge < -0.3 is 4.74 Å². The van der Waals surface area contributed by atoms with Crippen LogP contribution in [0.25, 0.3) is 0 Å². The summed E-state index contributed by atoms with van der Waals surface area (Å²) in [5.74, 6) is 0.632. The van der Waals surface area contributed by atoms with Gasteiger partial charge in [0.05, 0.1) is 19.0 Å². The van der Waals surface area contributed by atoms with Gasteiger partial charge in [-0.2, -0.15) is 0 Å². The molecule has 0 amide bonds. The van der Waals surface area contributed by atoms with Crippen LogP contribution in [0.2, 0.25) is 0 Å². The van der Waals surface area contributed by atoms with E-state index < -0.39 is 0 Å². The van der Waals surface area contributed by atoms with Crippen molar-refractivity contribution in [2.45, 2.75) is 71.1 Å². The summed E-state index contributed by atoms with van der Waals surface area (Å²) in [6, 6.07) is 3.77. The summed E-state index contributed by atoms with van der Waals surface area (Å²) in [4.78, 5) is 8.54. The van der Waals surface area contributed by atoms with Crippen molar-refractivity contribution in [3.63, 3.8) is 0 Å². The SMILES string of the molecule is CCCCCCCCCCCC=Nc1ccc(OC)nc1. The zero-order valence-electron chi connectivity index (χ0n) is 13.7. The average molecular weight is 290 g/mol. The molecule has 1 heterocycles. The van der Waals surface area contributed by atoms with E-state index in [1.807, 2.05) is 18.3 Å². The lowest BCUT2D eigenvalue weighted by molar-refractivity contribution is 0.398. The monoisotopic (exact) mass is 290 g/mol. The molecule has 0 aliphatic rings. The van der Waals surface area contributed by atoms with Gasteiger partial charge in [0.15, 0.2) is 0 Å². The maximum absolute atomic E-state index is 5.02. The Balaban J connectivity index is 1.97. The van der Waals surface area contributed by atoms with Gasteiger partial charge in [0, 0.05) is 12.3 Å². The normalized spacial score (nSPS) is 11.1. The summed E-state index contributed by atoms with van der Waals surface area (Å²) in [7, 11) is 1.62. The van der Waals surface area contributed by atoms with Gasteiger partial charge in [0.1, 0.15) is 0 Å². The summed E-state index contributed by atoms with van der Waals surface area (Å²) in [6.07, 6.45) is 17.1. The molecule has 0 spiro atoms. The van der Waals surface area contributed by atoms with E-state index in [0.29, 0.717) is 5.88 Å². The first-order chi connectivity index (χ1) is 10.4. The maximum Gasteiger partial charge on any atom is 0.213 e. The van der Waals surface area contributed by atoms with Gasteiger partial charge in [-0.1, -0.05) is 58.3 Å². The number of hydrogen-bond acceptors (Lipinski definition) is 3. The quantitative estimate of drug-likeness (QED) is 0.365. The van der Waals surface area contributed by atoms with Crippen LogP contribution in [0.15, 0.2) is 23.3 Å². The number of pyridine rings is 1. The second-order valence-corrected chi connectivity index (χ2v) is 5.49. The smallest absolute Gasteiger partial charge is 0.213 e. The van der Waals surface area contributed by atoms with Crippen molar-refractivity contribution in [1.29, 1.82) is 0 Å². The molecule has 0 aliphatic heterocycles. The number of aromatic nitrogens is 1. The number of unbranched alkanes of at least 4 members (excludes halogenated alkanes) is 9. The van der Waals surface area contributed by atoms with Crippen molar-refractivity contribution in [3.05, 3.63) is 18.3 Å². The predicted octanol–water partition coefficient (Wildman–Crippen LogP) is 5.71. The number of hydrogen-bond donors (Lipinski definition) is 0. The van der Waals surface area contributed by atoms with Crippen LogP contribution in [-0.2, 0) is 0 Å². The number of ether oxygens (including phenoxy) is 1. The van der Waals surface area contributed by atoms with E-state index in [1.54, 1.807) is 13.3 Å². The van der Waals surface area contributed by atoms with Gasteiger partial charge in [-0.25, -0.2) is 4.98 Å². The number of rotatable bonds is 12. The molecule has 1 rings (SSSR count). The number of methoxy groups -OCH3 is 1. The largest absolute Gasteiger partial charge is 0.481 e. The van der Waals surface area contributed by atoms with Crippen molar-refractivity contribution >= 4 is 11.9 Å². The van der Waals surface area contributed by atoms with E-state index in [2.05, 4.69) is 16.9 Å². The summed E-state index contributed by atoms with van der Waals surface area (Å²) < 4.78 is 5.02. The predicted molar refractivity (Wildman–Crippen MR) is 90.8 cm³/mol. The van der Waals surface area contributed by atoms with Crippen LogP contribution < -0.4 is 4.74 Å². The molecule has 21 heavy (non-hydrogen) atoms. The Morgan fingerprint density at radius 2 is 1.67 bits per heavy atom. The molecule has 1 aromatic rings. The summed E-state index contributed by atoms with van der Waals surface area (Å²) >= 11 is 0. The molecule has 0 radical (unpaired) electrons. The minimum Gasteiger partial charge on any atom is -0.481 e. The van der Waals surface area contributed by atoms with Gasteiger partial charge in [0.2, 0.25) is 5.88 Å². The van der Waals surface area contributed by atoms with Crippen LogP contribution in [0.3, 0.4) is 0 Å². The molecule has 0 saturated heterocycles. The molecule has 0 atom stereocenters. The molecular formula is C18H30N2O. The Morgan fingerprint density at radius 3 is 2.24 bits per heavy atom. The van der Waals surface area contributed by atoms with E-state index in [-0.39, 0.29) is 0 Å². The van der Waals surface area contributed by atoms with Crippen LogP contribution in [0.5, 0.6) is 5.88 Å². The van der Waals surface area contributed by atoms with Crippen molar-refractivity contribution in [1.82, 2.24) is 4.98 Å². The Bertz CT molecular complexity index is 373. The van der Waals surface area contributed by atoms with Gasteiger partial charge in [0.25, 0.3) is 0 Å². The molecule has 0 saturated carbocycles. The van der Waals surface area contributed by atoms with E-state index >= 15 is 0 Å². The molecule has 118 valence electrons. The Morgan fingerprint density at radius 1 is 1.00 bits per heavy atom. The first-order valence-electron chi connectivity index (χ1n) is 8.39. The van der Waals surface area contributed by atoms with Gasteiger partial charge >= 0.3 is 0 Å². The zero-order valence-corrected chi connectivity index (χ0v) is 13.7. The lowest BCUT2D eigenvalue weighted by Crippen LogP contribution is -1.85. The fraction of sp³-hybridized carbons (Fsp3) is 0.667. The summed E-state index contributed by atoms with van der Waals surface area (Å²) in [6.45, 7) is 2.27. The molecule has 0 bridgehead atoms. The van der Waals surface area contributed by atoms with Crippen LogP contribution in [-0.4, -0.2) is 18.3 Å². The van der Waals surface area contributed by atoms with Crippen molar-refractivity contribution in [2.24, 2.45) is 4.99 Å². The molecular weight excluding hydrogens is 260 g/mol. The van der Waals surface area contributed by atoms with Crippen LogP contribution >= 0.6 is 0 Å². The molecule has 0 aromatic carbocycles. The summed E-state index contributed by atoms with van der Waals surface area (Å²) in [5, 5.41) is 0. The third-order valence-corrected chi connectivity index (χ3v) is 3.61. The number of nitrogens with zero attached hydrogens (tertiary/aromatic N) is 2. The lowest BCUT2D eigenvalue weighted by Gasteiger charge is -2.00. The molecule has 3 heteroatoms. The Labute approximate surface area is 129 Å². The van der Waals surface area contributed by atoms with Crippen molar-refractivity contribution < 1.29 is 4.74 Å². The fourth-order valence-corrected chi connectivity index (χ4v) is 2.29. The van der Waals surface area contributed by atoms with Crippen LogP contribution in [0, 0.1) is 0 Å². The van der Waals surface area contributed by atoms with Crippen molar-refractivity contribution in [2.75, 3.05) is 7.11 Å². The molecule has 0 unspecified atom stereocenters. The highest BCUT2D eigenvalue weighted by Gasteiger charge is 1.93. The first-order valence-corrected chi connectivity index (χ1v) is 8.39. The average Bonchev–Trinajstić information content (AvgIpc) is 2.53. The van der Waals surface area contributed by atoms with E-state index in [0.717, 1.165) is 12.1 Å². The topological polar surface area (TPSA) is 34.5 Å². The second kappa shape index (κ2) is 12.4. The van der Waals surface area contributed by atoms with Gasteiger partial charge in [-0.15, -0.1) is 0 Å². The van der Waals surface area contributed by atoms with E-state index in [9.17, 15) is 0 Å². The van der Waals surface area contributed by atoms with Gasteiger partial charge in [-0.3, -0.25) is 4.99 Å². The highest BCUT2D eigenvalue weighted by molar-refractivity contribution is 5.62. The summed E-state index contributed by atoms with van der Waals surface area (Å²) in [5.41, 5.74) is 0.895. The van der Waals surface area contributed by atoms with E-state index in [1.165, 1.54) is 57.8 Å². The zero-order chi connectivity index (χ0) is 15.2. The minimum atomic E-state index is 0.632. The second-order valence-electron chi connectivity index (χ2n) is 5.49. The third-order valence-electron chi connectivity index (χ3n) is 3.61. The van der Waals surface area contributed by atoms with Crippen LogP contribution in [0.4, 0.5) is 5.69 Å². The third kappa shape index (κ3) is 9.22. The Hall–Kier alpha value is -1.38. The molecule has 1 aromatic heterocycles. The van der Waals surface area contributed by atoms with Crippen LogP contribution in [0.1, 0.15) is 71.1 Å². The number of aliphatic imine (C=N–C) groups is 1. The fourth-order valence-electron chi connectivity index (χ4n) is 2.29. The lowest BCUT2D eigenvalue weighted by atomic mass is 10.1. The molecule has 0 N–H and O–H groups in total. The highest BCUT2D eigenvalue weighted by Crippen LogP contribution is 2.14. The van der Waals surface area contributed by atoms with Gasteiger partial charge in [-0.05, 0) is 18.9 Å². The van der Waals surface area contributed by atoms with Crippen molar-refractivity contribution in [3.8, 4) is 5.88 Å². The minimum absolute atomic E-state index is 0.632. The first kappa shape index (κ1) is 17.7. The molecule has 0 fully saturated rings. The highest BCUT2D eigenvalue weighted by atomic mass is 16.5. The molecule has 0 aliphatic carbocycles. The maximum atomic E-state index is 5.02. The Kier molecular flexibility index (Phi) is 10.4. The standard InChI is InChI=1S/C18H30N2O/c1-3-4-5-6-7-8-9-10-11-12-15-19-17-13-14-18(21-2)20-16-17/h13-16H,3-12H2,1-2H3.